The van der Waals surface area contributed by atoms with Crippen LogP contribution in [0.1, 0.15) is 6.92 Å². The van der Waals surface area contributed by atoms with Gasteiger partial charge < -0.3 is 0 Å². The second kappa shape index (κ2) is 3.35. The van der Waals surface area contributed by atoms with Crippen LogP contribution >= 0.6 is 11.3 Å². The maximum atomic E-state index is 2.36. The van der Waals surface area contributed by atoms with Gasteiger partial charge in [-0.05, 0) is 23.3 Å². The van der Waals surface area contributed by atoms with Crippen molar-refractivity contribution in [3.05, 3.63) is 46.2 Å². The van der Waals surface area contributed by atoms with E-state index in [0.29, 0.717) is 5.92 Å². The van der Waals surface area contributed by atoms with Crippen LogP contribution in [0.2, 0.25) is 0 Å². The normalized spacial score (nSPS) is 19.1. The summed E-state index contributed by atoms with van der Waals surface area (Å²) in [5.74, 6) is 0.528. The molecule has 0 amide bonds. The minimum atomic E-state index is 0.528. The largest absolute Gasteiger partial charge is 0.135 e. The summed E-state index contributed by atoms with van der Waals surface area (Å²) < 4.78 is 2.77. The zero-order valence-electron chi connectivity index (χ0n) is 8.60. The van der Waals surface area contributed by atoms with E-state index in [2.05, 4.69) is 55.5 Å². The highest BCUT2D eigenvalue weighted by molar-refractivity contribution is 7.17. The Morgan fingerprint density at radius 2 is 2.07 bits per heavy atom. The van der Waals surface area contributed by atoms with Crippen LogP contribution in [0.4, 0.5) is 0 Å². The molecule has 15 heavy (non-hydrogen) atoms. The number of hydrogen-bond acceptors (Lipinski definition) is 1. The van der Waals surface area contributed by atoms with Crippen molar-refractivity contribution in [1.29, 1.82) is 0 Å². The van der Waals surface area contributed by atoms with Crippen molar-refractivity contribution in [2.24, 2.45) is 5.92 Å². The van der Waals surface area contributed by atoms with E-state index in [-0.39, 0.29) is 0 Å². The van der Waals surface area contributed by atoms with Crippen LogP contribution in [0.25, 0.3) is 22.2 Å². The third-order valence-electron chi connectivity index (χ3n) is 2.75. The summed E-state index contributed by atoms with van der Waals surface area (Å²) in [5.41, 5.74) is 0. The smallest absolute Gasteiger partial charge is 0.0355 e. The van der Waals surface area contributed by atoms with Crippen LogP contribution in [0, 0.1) is 5.92 Å². The van der Waals surface area contributed by atoms with Crippen molar-refractivity contribution in [3.63, 3.8) is 0 Å². The summed E-state index contributed by atoms with van der Waals surface area (Å²) in [4.78, 5) is 0. The molecule has 0 saturated carbocycles. The van der Waals surface area contributed by atoms with Gasteiger partial charge in [-0.2, -0.15) is 0 Å². The van der Waals surface area contributed by atoms with Crippen molar-refractivity contribution < 1.29 is 0 Å². The van der Waals surface area contributed by atoms with Gasteiger partial charge in [0.1, 0.15) is 0 Å². The minimum absolute atomic E-state index is 0.528. The highest BCUT2D eigenvalue weighted by Crippen LogP contribution is 2.14. The van der Waals surface area contributed by atoms with E-state index in [1.165, 1.54) is 19.8 Å². The molecule has 1 atom stereocenters. The summed E-state index contributed by atoms with van der Waals surface area (Å²) in [6, 6.07) is 8.64. The van der Waals surface area contributed by atoms with Crippen molar-refractivity contribution in [2.75, 3.05) is 0 Å². The van der Waals surface area contributed by atoms with Gasteiger partial charge in [0.05, 0.1) is 0 Å². The van der Waals surface area contributed by atoms with Gasteiger partial charge in [0.25, 0.3) is 0 Å². The molecule has 0 aliphatic heterocycles. The average Bonchev–Trinajstić information content (AvgIpc) is 2.47. The maximum absolute atomic E-state index is 2.36. The number of fused-ring (bicyclic) bond motifs is 3. The number of rotatable bonds is 0. The van der Waals surface area contributed by atoms with Crippen LogP contribution in [-0.4, -0.2) is 0 Å². The number of allylic oxidation sites excluding steroid dienone is 2. The van der Waals surface area contributed by atoms with E-state index < -0.39 is 0 Å². The standard InChI is InChI=1S/C14H12S/c1-10-5-4-8-14-12(9-10)11-6-2-3-7-13(11)15-14/h2-10H,1H3/t10-/m1/s1. The van der Waals surface area contributed by atoms with Crippen LogP contribution in [-0.2, 0) is 0 Å². The topological polar surface area (TPSA) is 0 Å². The molecule has 0 saturated heterocycles. The molecule has 2 aromatic rings. The molecule has 1 aliphatic rings. The molecule has 1 aromatic carbocycles. The first-order valence-corrected chi connectivity index (χ1v) is 6.04. The predicted molar refractivity (Wildman–Crippen MR) is 68.3 cm³/mol. The monoisotopic (exact) mass is 212 g/mol. The average molecular weight is 212 g/mol. The second-order valence-corrected chi connectivity index (χ2v) is 5.04. The molecule has 0 nitrogen and oxygen atoms in total. The Morgan fingerprint density at radius 3 is 3.00 bits per heavy atom. The first-order chi connectivity index (χ1) is 7.34. The Balaban J connectivity index is 2.52. The van der Waals surface area contributed by atoms with Crippen molar-refractivity contribution in [2.45, 2.75) is 6.92 Å². The van der Waals surface area contributed by atoms with Crippen molar-refractivity contribution in [1.82, 2.24) is 0 Å². The molecule has 3 rings (SSSR count). The van der Waals surface area contributed by atoms with E-state index in [1.54, 1.807) is 0 Å². The Labute approximate surface area is 92.9 Å². The molecule has 1 aliphatic carbocycles. The van der Waals surface area contributed by atoms with E-state index in [0.717, 1.165) is 0 Å². The van der Waals surface area contributed by atoms with Gasteiger partial charge in [0.15, 0.2) is 0 Å². The van der Waals surface area contributed by atoms with Crippen LogP contribution in [0.5, 0.6) is 0 Å². The number of thiophene rings is 1. The lowest BCUT2D eigenvalue weighted by atomic mass is 10.1. The first kappa shape index (κ1) is 8.93. The number of hydrogen-bond donors (Lipinski definition) is 0. The lowest BCUT2D eigenvalue weighted by molar-refractivity contribution is 1.000. The second-order valence-electron chi connectivity index (χ2n) is 3.95. The lowest BCUT2D eigenvalue weighted by Crippen LogP contribution is -2.18. The Hall–Kier alpha value is -1.34. The third-order valence-corrected chi connectivity index (χ3v) is 3.91. The van der Waals surface area contributed by atoms with Gasteiger partial charge in [-0.1, -0.05) is 43.4 Å². The molecule has 0 radical (unpaired) electrons. The van der Waals surface area contributed by atoms with Gasteiger partial charge in [-0.25, -0.2) is 0 Å². The summed E-state index contributed by atoms with van der Waals surface area (Å²) in [7, 11) is 0. The van der Waals surface area contributed by atoms with Crippen LogP contribution < -0.4 is 9.75 Å². The van der Waals surface area contributed by atoms with Gasteiger partial charge in [-0.15, -0.1) is 11.3 Å². The molecule has 0 unspecified atom stereocenters. The van der Waals surface area contributed by atoms with Gasteiger partial charge >= 0.3 is 0 Å². The van der Waals surface area contributed by atoms with Gasteiger partial charge in [-0.3, -0.25) is 0 Å². The Kier molecular flexibility index (Phi) is 2.00. The highest BCUT2D eigenvalue weighted by atomic mass is 32.1. The molecular formula is C14H12S. The zero-order valence-corrected chi connectivity index (χ0v) is 9.42. The van der Waals surface area contributed by atoms with E-state index in [4.69, 9.17) is 0 Å². The molecule has 0 spiro atoms. The summed E-state index contributed by atoms with van der Waals surface area (Å²) in [6.07, 6.45) is 8.98. The van der Waals surface area contributed by atoms with E-state index in [9.17, 15) is 0 Å². The fraction of sp³-hybridized carbons (Fsp3) is 0.143. The van der Waals surface area contributed by atoms with Gasteiger partial charge in [0, 0.05) is 14.6 Å². The molecule has 0 N–H and O–H groups in total. The van der Waals surface area contributed by atoms with Crippen LogP contribution in [0.3, 0.4) is 0 Å². The highest BCUT2D eigenvalue weighted by Gasteiger charge is 2.02. The fourth-order valence-electron chi connectivity index (χ4n) is 2.02. The van der Waals surface area contributed by atoms with Crippen LogP contribution in [0.15, 0.2) is 36.4 Å². The Morgan fingerprint density at radius 1 is 1.20 bits per heavy atom. The molecule has 74 valence electrons. The zero-order chi connectivity index (χ0) is 10.3. The molecule has 1 heterocycles. The van der Waals surface area contributed by atoms with E-state index in [1.807, 2.05) is 11.3 Å². The molecule has 1 heteroatoms. The molecule has 1 aromatic heterocycles. The quantitative estimate of drug-likeness (QED) is 0.630. The molecule has 0 bridgehead atoms. The first-order valence-electron chi connectivity index (χ1n) is 5.22. The molecular weight excluding hydrogens is 200 g/mol. The maximum Gasteiger partial charge on any atom is 0.0355 e. The van der Waals surface area contributed by atoms with Crippen molar-refractivity contribution in [3.8, 4) is 0 Å². The fourth-order valence-corrected chi connectivity index (χ4v) is 3.12. The Bertz CT molecular complexity index is 644. The summed E-state index contributed by atoms with van der Waals surface area (Å²) in [6.45, 7) is 2.23. The van der Waals surface area contributed by atoms with Crippen molar-refractivity contribution >= 4 is 33.6 Å². The summed E-state index contributed by atoms with van der Waals surface area (Å²) >= 11 is 1.88. The minimum Gasteiger partial charge on any atom is -0.135 e. The summed E-state index contributed by atoms with van der Waals surface area (Å²) in [5, 5.41) is 2.80. The van der Waals surface area contributed by atoms with Gasteiger partial charge in [0.2, 0.25) is 0 Å². The lowest BCUT2D eigenvalue weighted by Gasteiger charge is -1.94. The third kappa shape index (κ3) is 1.44. The molecule has 0 fully saturated rings. The number of benzene rings is 1. The predicted octanol–water partition coefficient (Wildman–Crippen LogP) is 2.67. The van der Waals surface area contributed by atoms with E-state index >= 15 is 0 Å². The SMILES string of the molecule is C[C@@H]1C=CC=c2sc3ccccc3c2=C1.